The van der Waals surface area contributed by atoms with Crippen molar-refractivity contribution >= 4 is 7.12 Å². The van der Waals surface area contributed by atoms with Crippen LogP contribution in [0.4, 0.5) is 0 Å². The Hall–Kier alpha value is -0.0151. The zero-order valence-electron chi connectivity index (χ0n) is 11.5. The van der Waals surface area contributed by atoms with Crippen LogP contribution in [-0.4, -0.2) is 18.3 Å². The Bertz CT molecular complexity index is 224. The maximum Gasteiger partial charge on any atom is 0.460 e. The Morgan fingerprint density at radius 3 is 1.40 bits per heavy atom. The van der Waals surface area contributed by atoms with Gasteiger partial charge in [-0.1, -0.05) is 27.7 Å². The normalized spacial score (nSPS) is 28.2. The highest BCUT2D eigenvalue weighted by molar-refractivity contribution is 6.46. The first-order valence-electron chi connectivity index (χ1n) is 5.87. The van der Waals surface area contributed by atoms with Crippen LogP contribution in [0.3, 0.4) is 0 Å². The molecule has 0 saturated carbocycles. The van der Waals surface area contributed by atoms with Crippen LogP contribution in [0.1, 0.15) is 55.4 Å². The van der Waals surface area contributed by atoms with Crippen LogP contribution in [0, 0.1) is 5.41 Å². The molecule has 88 valence electrons. The van der Waals surface area contributed by atoms with Gasteiger partial charge in [-0.15, -0.1) is 0 Å². The van der Waals surface area contributed by atoms with Gasteiger partial charge >= 0.3 is 7.12 Å². The molecule has 15 heavy (non-hydrogen) atoms. The van der Waals surface area contributed by atoms with Crippen LogP contribution in [0.5, 0.6) is 0 Å². The van der Waals surface area contributed by atoms with Crippen molar-refractivity contribution < 1.29 is 9.31 Å². The first kappa shape index (κ1) is 13.1. The van der Waals surface area contributed by atoms with Gasteiger partial charge < -0.3 is 9.31 Å². The fraction of sp³-hybridized carbons (Fsp3) is 1.00. The van der Waals surface area contributed by atoms with E-state index in [1.54, 1.807) is 0 Å². The van der Waals surface area contributed by atoms with Crippen LogP contribution in [0.2, 0.25) is 5.82 Å². The van der Waals surface area contributed by atoms with Crippen molar-refractivity contribution in [3.8, 4) is 0 Å². The van der Waals surface area contributed by atoms with Gasteiger partial charge in [-0.2, -0.15) is 0 Å². The summed E-state index contributed by atoms with van der Waals surface area (Å²) in [5.41, 5.74) is -0.335. The molecule has 0 radical (unpaired) electrons. The molecule has 2 nitrogen and oxygen atoms in total. The average Bonchev–Trinajstić information content (AvgIpc) is 1.99. The minimum absolute atomic E-state index is 0.00854. The van der Waals surface area contributed by atoms with Crippen molar-refractivity contribution in [2.75, 3.05) is 0 Å². The Balaban J connectivity index is 3.02. The lowest BCUT2D eigenvalue weighted by Gasteiger charge is -2.57. The molecule has 0 amide bonds. The lowest BCUT2D eigenvalue weighted by molar-refractivity contribution is -0.184. The molecule has 0 unspecified atom stereocenters. The Kier molecular flexibility index (Phi) is 3.04. The third-order valence-electron chi connectivity index (χ3n) is 4.38. The minimum atomic E-state index is -0.163. The quantitative estimate of drug-likeness (QED) is 0.619. The molecule has 1 rings (SSSR count). The molecule has 0 spiro atoms. The van der Waals surface area contributed by atoms with Gasteiger partial charge in [0.15, 0.2) is 0 Å². The summed E-state index contributed by atoms with van der Waals surface area (Å²) in [4.78, 5) is 0. The molecule has 1 heterocycles. The predicted molar refractivity (Wildman–Crippen MR) is 65.0 cm³/mol. The van der Waals surface area contributed by atoms with E-state index in [-0.39, 0.29) is 23.7 Å². The van der Waals surface area contributed by atoms with Crippen LogP contribution in [-0.2, 0) is 9.31 Å². The van der Waals surface area contributed by atoms with E-state index in [9.17, 15) is 0 Å². The van der Waals surface area contributed by atoms with Gasteiger partial charge in [0.1, 0.15) is 0 Å². The van der Waals surface area contributed by atoms with Crippen LogP contribution in [0.15, 0.2) is 0 Å². The fourth-order valence-corrected chi connectivity index (χ4v) is 1.90. The maximum atomic E-state index is 6.06. The topological polar surface area (TPSA) is 18.5 Å². The summed E-state index contributed by atoms with van der Waals surface area (Å²) in [5, 5.41) is 0. The first-order chi connectivity index (χ1) is 6.51. The van der Waals surface area contributed by atoms with Crippen LogP contribution >= 0.6 is 0 Å². The molecule has 1 aliphatic heterocycles. The highest BCUT2D eigenvalue weighted by Gasteiger charge is 2.56. The first-order valence-corrected chi connectivity index (χ1v) is 5.87. The number of rotatable bonds is 1. The van der Waals surface area contributed by atoms with E-state index in [4.69, 9.17) is 9.31 Å². The second-order valence-corrected chi connectivity index (χ2v) is 6.49. The molecule has 1 saturated heterocycles. The van der Waals surface area contributed by atoms with E-state index < -0.39 is 0 Å². The van der Waals surface area contributed by atoms with Crippen molar-refractivity contribution in [2.24, 2.45) is 5.41 Å². The number of hydrogen-bond acceptors (Lipinski definition) is 2. The van der Waals surface area contributed by atoms with Crippen LogP contribution < -0.4 is 0 Å². The van der Waals surface area contributed by atoms with Gasteiger partial charge in [0.05, 0.1) is 11.2 Å². The second kappa shape index (κ2) is 3.49. The minimum Gasteiger partial charge on any atom is -0.405 e. The van der Waals surface area contributed by atoms with E-state index in [0.717, 1.165) is 0 Å². The van der Waals surface area contributed by atoms with Gasteiger partial charge in [-0.05, 0) is 33.5 Å². The zero-order chi connectivity index (χ0) is 12.1. The van der Waals surface area contributed by atoms with Crippen molar-refractivity contribution in [3.63, 3.8) is 0 Å². The Labute approximate surface area is 94.9 Å². The van der Waals surface area contributed by atoms with E-state index in [1.807, 2.05) is 0 Å². The van der Waals surface area contributed by atoms with Crippen molar-refractivity contribution in [1.82, 2.24) is 0 Å². The third-order valence-corrected chi connectivity index (χ3v) is 4.38. The van der Waals surface area contributed by atoms with Crippen molar-refractivity contribution in [3.05, 3.63) is 0 Å². The molecule has 1 aliphatic rings. The SMILES string of the molecule is CC(C)B1OC(C)(C)C(C)(C)C(C)(C)O1. The third kappa shape index (κ3) is 1.96. The largest absolute Gasteiger partial charge is 0.460 e. The second-order valence-electron chi connectivity index (χ2n) is 6.49. The summed E-state index contributed by atoms with van der Waals surface area (Å²) in [5.74, 6) is 0.389. The molecular formula is C12H25BO2. The summed E-state index contributed by atoms with van der Waals surface area (Å²) in [7, 11) is -0.0944. The molecule has 3 heteroatoms. The molecule has 0 aromatic rings. The maximum absolute atomic E-state index is 6.06. The summed E-state index contributed by atoms with van der Waals surface area (Å²) in [6, 6.07) is 0. The summed E-state index contributed by atoms with van der Waals surface area (Å²) >= 11 is 0. The number of hydrogen-bond donors (Lipinski definition) is 0. The predicted octanol–water partition coefficient (Wildman–Crippen LogP) is 3.51. The van der Waals surface area contributed by atoms with E-state index in [1.165, 1.54) is 0 Å². The standard InChI is InChI=1S/C12H25BO2/c1-9(2)13-14-11(5,6)10(3,4)12(7,8)15-13/h9H,1-8H3. The van der Waals surface area contributed by atoms with E-state index in [2.05, 4.69) is 55.4 Å². The Morgan fingerprint density at radius 2 is 1.13 bits per heavy atom. The monoisotopic (exact) mass is 212 g/mol. The highest BCUT2D eigenvalue weighted by Crippen LogP contribution is 2.50. The van der Waals surface area contributed by atoms with E-state index in [0.29, 0.717) is 5.82 Å². The molecule has 0 aromatic heterocycles. The van der Waals surface area contributed by atoms with Gasteiger partial charge in [-0.3, -0.25) is 0 Å². The molecule has 0 N–H and O–H groups in total. The smallest absolute Gasteiger partial charge is 0.405 e. The highest BCUT2D eigenvalue weighted by atomic mass is 16.6. The summed E-state index contributed by atoms with van der Waals surface area (Å²) in [6.45, 7) is 17.3. The van der Waals surface area contributed by atoms with E-state index >= 15 is 0 Å². The summed E-state index contributed by atoms with van der Waals surface area (Å²) < 4.78 is 12.1. The lowest BCUT2D eigenvalue weighted by Crippen LogP contribution is -2.64. The van der Waals surface area contributed by atoms with Crippen molar-refractivity contribution in [1.29, 1.82) is 0 Å². The van der Waals surface area contributed by atoms with Crippen molar-refractivity contribution in [2.45, 2.75) is 72.4 Å². The molecule has 0 bridgehead atoms. The Morgan fingerprint density at radius 1 is 0.800 bits per heavy atom. The van der Waals surface area contributed by atoms with Gasteiger partial charge in [0.25, 0.3) is 0 Å². The molecular weight excluding hydrogens is 187 g/mol. The summed E-state index contributed by atoms with van der Waals surface area (Å²) in [6.07, 6.45) is 0. The van der Waals surface area contributed by atoms with Crippen LogP contribution in [0.25, 0.3) is 0 Å². The molecule has 1 fully saturated rings. The molecule has 0 aliphatic carbocycles. The molecule has 0 aromatic carbocycles. The average molecular weight is 212 g/mol. The van der Waals surface area contributed by atoms with Gasteiger partial charge in [0.2, 0.25) is 0 Å². The zero-order valence-corrected chi connectivity index (χ0v) is 11.5. The molecule has 0 atom stereocenters. The lowest BCUT2D eigenvalue weighted by atomic mass is 9.60. The fourth-order valence-electron chi connectivity index (χ4n) is 1.90. The van der Waals surface area contributed by atoms with Gasteiger partial charge in [0, 0.05) is 5.41 Å². The van der Waals surface area contributed by atoms with Gasteiger partial charge in [-0.25, -0.2) is 0 Å².